The maximum absolute atomic E-state index is 12.7. The zero-order valence-electron chi connectivity index (χ0n) is 11.4. The molecular formula is C15H17BF3O-. The largest absolute Gasteiger partial charge is 0.509 e. The number of benzene rings is 2. The van der Waals surface area contributed by atoms with Crippen molar-refractivity contribution >= 4 is 23.2 Å². The molecule has 0 spiro atoms. The lowest BCUT2D eigenvalue weighted by molar-refractivity contribution is 0.306. The van der Waals surface area contributed by atoms with E-state index < -0.39 is 12.4 Å². The molecule has 0 bridgehead atoms. The Balaban J connectivity index is 2.15. The van der Waals surface area contributed by atoms with E-state index in [0.29, 0.717) is 17.7 Å². The van der Waals surface area contributed by atoms with Crippen molar-refractivity contribution < 1.29 is 17.7 Å². The van der Waals surface area contributed by atoms with Crippen LogP contribution in [-0.4, -0.2) is 13.6 Å². The summed E-state index contributed by atoms with van der Waals surface area (Å²) in [5, 5.41) is 1.35. The van der Waals surface area contributed by atoms with Crippen molar-refractivity contribution in [1.82, 2.24) is 0 Å². The Kier molecular flexibility index (Phi) is 4.58. The van der Waals surface area contributed by atoms with Gasteiger partial charge >= 0.3 is 6.98 Å². The summed E-state index contributed by atoms with van der Waals surface area (Å²) in [7, 11) is 0. The van der Waals surface area contributed by atoms with E-state index in [1.807, 2.05) is 0 Å². The van der Waals surface area contributed by atoms with E-state index in [0.717, 1.165) is 30.7 Å². The Bertz CT molecular complexity index is 581. The van der Waals surface area contributed by atoms with E-state index in [9.17, 15) is 12.9 Å². The number of hydrogen-bond acceptors (Lipinski definition) is 1. The number of hydrogen-bond donors (Lipinski definition) is 0. The lowest BCUT2D eigenvalue weighted by atomic mass is 9.79. The molecule has 0 amide bonds. The predicted molar refractivity (Wildman–Crippen MR) is 77.7 cm³/mol. The standard InChI is InChI=1S/C15H17BF3O/c1-2-3-4-9-20-15-8-6-12-10-14(16(17,18)19)7-5-13(12)11-15/h5-8,10-11H,2-4,9H2,1H3/q-1. The maximum Gasteiger partial charge on any atom is 0.509 e. The van der Waals surface area contributed by atoms with Crippen LogP contribution >= 0.6 is 0 Å². The summed E-state index contributed by atoms with van der Waals surface area (Å²) < 4.78 is 43.6. The highest BCUT2D eigenvalue weighted by molar-refractivity contribution is 6.73. The Morgan fingerprint density at radius 2 is 1.65 bits per heavy atom. The van der Waals surface area contributed by atoms with Gasteiger partial charge in [0.1, 0.15) is 5.75 Å². The van der Waals surface area contributed by atoms with Gasteiger partial charge in [0, 0.05) is 0 Å². The molecule has 5 heteroatoms. The van der Waals surface area contributed by atoms with Crippen LogP contribution in [0.2, 0.25) is 0 Å². The minimum Gasteiger partial charge on any atom is -0.494 e. The average Bonchev–Trinajstić information content (AvgIpc) is 2.42. The second kappa shape index (κ2) is 6.20. The molecule has 108 valence electrons. The molecule has 0 aliphatic carbocycles. The minimum absolute atomic E-state index is 0.561. The smallest absolute Gasteiger partial charge is 0.494 e. The second-order valence-corrected chi connectivity index (χ2v) is 4.90. The van der Waals surface area contributed by atoms with E-state index in [1.165, 1.54) is 12.1 Å². The summed E-state index contributed by atoms with van der Waals surface area (Å²) in [6.07, 6.45) is 3.23. The minimum atomic E-state index is -4.94. The summed E-state index contributed by atoms with van der Waals surface area (Å²) in [6.45, 7) is -2.18. The first-order valence-corrected chi connectivity index (χ1v) is 6.87. The number of fused-ring (bicyclic) bond motifs is 1. The van der Waals surface area contributed by atoms with Gasteiger partial charge in [-0.1, -0.05) is 44.0 Å². The van der Waals surface area contributed by atoms with Gasteiger partial charge in [0.15, 0.2) is 0 Å². The Labute approximate surface area is 116 Å². The van der Waals surface area contributed by atoms with E-state index >= 15 is 0 Å². The third kappa shape index (κ3) is 3.68. The number of rotatable bonds is 6. The fraction of sp³-hybridized carbons (Fsp3) is 0.333. The Morgan fingerprint density at radius 1 is 0.950 bits per heavy atom. The van der Waals surface area contributed by atoms with Gasteiger partial charge in [-0.15, -0.1) is 5.46 Å². The highest BCUT2D eigenvalue weighted by atomic mass is 19.4. The van der Waals surface area contributed by atoms with Crippen molar-refractivity contribution in [3.63, 3.8) is 0 Å². The maximum atomic E-state index is 12.7. The van der Waals surface area contributed by atoms with Crippen molar-refractivity contribution in [2.24, 2.45) is 0 Å². The molecule has 0 saturated heterocycles. The average molecular weight is 281 g/mol. The van der Waals surface area contributed by atoms with Crippen LogP contribution in [0, 0.1) is 0 Å². The topological polar surface area (TPSA) is 9.23 Å². The first-order valence-electron chi connectivity index (χ1n) is 6.87. The molecule has 0 aliphatic heterocycles. The summed E-state index contributed by atoms with van der Waals surface area (Å²) in [5.74, 6) is 0.707. The molecule has 20 heavy (non-hydrogen) atoms. The van der Waals surface area contributed by atoms with E-state index in [-0.39, 0.29) is 0 Å². The third-order valence-corrected chi connectivity index (χ3v) is 3.23. The third-order valence-electron chi connectivity index (χ3n) is 3.23. The van der Waals surface area contributed by atoms with Crippen LogP contribution in [0.3, 0.4) is 0 Å². The van der Waals surface area contributed by atoms with E-state index in [1.54, 1.807) is 18.2 Å². The van der Waals surface area contributed by atoms with Crippen molar-refractivity contribution in [3.8, 4) is 5.75 Å². The van der Waals surface area contributed by atoms with Crippen LogP contribution in [0.4, 0.5) is 12.9 Å². The van der Waals surface area contributed by atoms with E-state index in [2.05, 4.69) is 6.92 Å². The monoisotopic (exact) mass is 281 g/mol. The fourth-order valence-corrected chi connectivity index (χ4v) is 2.08. The fourth-order valence-electron chi connectivity index (χ4n) is 2.08. The number of ether oxygens (including phenoxy) is 1. The molecule has 1 nitrogen and oxygen atoms in total. The lowest BCUT2D eigenvalue weighted by Crippen LogP contribution is -2.33. The Hall–Kier alpha value is -1.65. The van der Waals surface area contributed by atoms with Crippen molar-refractivity contribution in [1.29, 1.82) is 0 Å². The lowest BCUT2D eigenvalue weighted by Gasteiger charge is -2.15. The summed E-state index contributed by atoms with van der Waals surface area (Å²) in [6, 6.07) is 9.00. The van der Waals surface area contributed by atoms with Crippen LogP contribution in [0.5, 0.6) is 5.75 Å². The van der Waals surface area contributed by atoms with Gasteiger partial charge in [-0.05, 0) is 29.3 Å². The molecule has 0 unspecified atom stereocenters. The van der Waals surface area contributed by atoms with Crippen molar-refractivity contribution in [2.45, 2.75) is 26.2 Å². The molecule has 0 atom stereocenters. The van der Waals surface area contributed by atoms with Gasteiger partial charge < -0.3 is 17.7 Å². The van der Waals surface area contributed by atoms with Gasteiger partial charge in [0.2, 0.25) is 0 Å². The second-order valence-electron chi connectivity index (χ2n) is 4.90. The first-order chi connectivity index (χ1) is 9.50. The van der Waals surface area contributed by atoms with Crippen LogP contribution in [0.25, 0.3) is 10.8 Å². The van der Waals surface area contributed by atoms with Gasteiger partial charge in [-0.3, -0.25) is 0 Å². The Morgan fingerprint density at radius 3 is 2.35 bits per heavy atom. The summed E-state index contributed by atoms with van der Waals surface area (Å²) in [4.78, 5) is 0. The molecule has 0 radical (unpaired) electrons. The van der Waals surface area contributed by atoms with E-state index in [4.69, 9.17) is 4.74 Å². The molecular weight excluding hydrogens is 264 g/mol. The summed E-state index contributed by atoms with van der Waals surface area (Å²) >= 11 is 0. The first kappa shape index (κ1) is 14.8. The zero-order chi connectivity index (χ0) is 14.6. The van der Waals surface area contributed by atoms with Gasteiger partial charge in [-0.25, -0.2) is 0 Å². The quantitative estimate of drug-likeness (QED) is 0.561. The molecule has 0 heterocycles. The molecule has 0 N–H and O–H groups in total. The number of unbranched alkanes of at least 4 members (excludes halogenated alkanes) is 2. The highest BCUT2D eigenvalue weighted by Crippen LogP contribution is 2.22. The molecule has 0 saturated carbocycles. The zero-order valence-corrected chi connectivity index (χ0v) is 11.4. The molecule has 0 aliphatic rings. The molecule has 0 aromatic heterocycles. The van der Waals surface area contributed by atoms with Crippen LogP contribution < -0.4 is 10.2 Å². The van der Waals surface area contributed by atoms with Crippen LogP contribution in [0.1, 0.15) is 26.2 Å². The van der Waals surface area contributed by atoms with Gasteiger partial charge in [-0.2, -0.15) is 0 Å². The molecule has 2 aromatic carbocycles. The normalized spacial score (nSPS) is 11.8. The van der Waals surface area contributed by atoms with Crippen molar-refractivity contribution in [3.05, 3.63) is 36.4 Å². The van der Waals surface area contributed by atoms with Crippen LogP contribution in [0.15, 0.2) is 36.4 Å². The van der Waals surface area contributed by atoms with Gasteiger partial charge in [0.05, 0.1) is 6.61 Å². The predicted octanol–water partition coefficient (Wildman–Crippen LogP) is 4.46. The summed E-state index contributed by atoms with van der Waals surface area (Å²) in [5.41, 5.74) is -0.561. The number of halogens is 3. The molecule has 2 rings (SSSR count). The molecule has 2 aromatic rings. The SMILES string of the molecule is CCCCCOc1ccc2cc([B-](F)(F)F)ccc2c1. The van der Waals surface area contributed by atoms with Gasteiger partial charge in [0.25, 0.3) is 0 Å². The molecule has 0 fully saturated rings. The van der Waals surface area contributed by atoms with Crippen LogP contribution in [-0.2, 0) is 0 Å². The van der Waals surface area contributed by atoms with Crippen molar-refractivity contribution in [2.75, 3.05) is 6.61 Å². The highest BCUT2D eigenvalue weighted by Gasteiger charge is 2.25.